The van der Waals surface area contributed by atoms with Crippen molar-refractivity contribution in [2.24, 2.45) is 0 Å². The lowest BCUT2D eigenvalue weighted by atomic mass is 9.97. The first-order chi connectivity index (χ1) is 13.2. The molecule has 4 nitrogen and oxygen atoms in total. The van der Waals surface area contributed by atoms with E-state index in [-0.39, 0.29) is 5.78 Å². The molecule has 27 heavy (non-hydrogen) atoms. The maximum absolute atomic E-state index is 12.9. The molecule has 0 aliphatic carbocycles. The number of nitrogens with zero attached hydrogens (tertiary/aromatic N) is 3. The largest absolute Gasteiger partial charge is 0.289 e. The van der Waals surface area contributed by atoms with Crippen LogP contribution in [0.5, 0.6) is 0 Å². The minimum absolute atomic E-state index is 0.0217. The molecule has 0 saturated heterocycles. The lowest BCUT2D eigenvalue weighted by Gasteiger charge is -2.06. The Kier molecular flexibility index (Phi) is 4.94. The van der Waals surface area contributed by atoms with Crippen LogP contribution < -0.4 is 0 Å². The average Bonchev–Trinajstić information content (AvgIpc) is 3.18. The number of hydrogen-bond donors (Lipinski definition) is 0. The maximum atomic E-state index is 12.9. The molecule has 3 aromatic carbocycles. The number of carbonyl (C=O) groups excluding carboxylic acids is 1. The van der Waals surface area contributed by atoms with Crippen LogP contribution in [0, 0.1) is 0 Å². The molecule has 0 saturated carbocycles. The van der Waals surface area contributed by atoms with Crippen LogP contribution in [0.2, 0.25) is 0 Å². The van der Waals surface area contributed by atoms with E-state index in [1.165, 1.54) is 0 Å². The Morgan fingerprint density at radius 2 is 1.59 bits per heavy atom. The van der Waals surface area contributed by atoms with Gasteiger partial charge in [-0.1, -0.05) is 93.9 Å². The Labute approximate surface area is 165 Å². The lowest BCUT2D eigenvalue weighted by Crippen LogP contribution is -2.03. The SMILES string of the molecule is O=C(c1ccccc1)c1ccccc1-c1cn(Cc2ccccc2Br)nn1. The lowest BCUT2D eigenvalue weighted by molar-refractivity contribution is 0.103. The van der Waals surface area contributed by atoms with Crippen LogP contribution in [0.3, 0.4) is 0 Å². The molecule has 0 fully saturated rings. The Balaban J connectivity index is 1.66. The minimum Gasteiger partial charge on any atom is -0.289 e. The van der Waals surface area contributed by atoms with E-state index in [1.54, 1.807) is 4.68 Å². The molecule has 5 heteroatoms. The van der Waals surface area contributed by atoms with Crippen molar-refractivity contribution >= 4 is 21.7 Å². The van der Waals surface area contributed by atoms with Crippen molar-refractivity contribution in [3.05, 3.63) is 106 Å². The van der Waals surface area contributed by atoms with E-state index in [4.69, 9.17) is 0 Å². The molecule has 0 bridgehead atoms. The van der Waals surface area contributed by atoms with E-state index in [0.717, 1.165) is 15.6 Å². The van der Waals surface area contributed by atoms with Gasteiger partial charge in [-0.25, -0.2) is 4.68 Å². The van der Waals surface area contributed by atoms with Crippen molar-refractivity contribution in [3.8, 4) is 11.3 Å². The first-order valence-corrected chi connectivity index (χ1v) is 9.34. The third-order valence-corrected chi connectivity index (χ3v) is 5.09. The number of hydrogen-bond acceptors (Lipinski definition) is 3. The topological polar surface area (TPSA) is 47.8 Å². The number of aromatic nitrogens is 3. The van der Waals surface area contributed by atoms with Crippen LogP contribution >= 0.6 is 15.9 Å². The second kappa shape index (κ2) is 7.68. The Morgan fingerprint density at radius 1 is 0.889 bits per heavy atom. The van der Waals surface area contributed by atoms with Gasteiger partial charge in [-0.3, -0.25) is 4.79 Å². The highest BCUT2D eigenvalue weighted by Gasteiger charge is 2.16. The van der Waals surface area contributed by atoms with E-state index in [0.29, 0.717) is 23.4 Å². The van der Waals surface area contributed by atoms with Crippen molar-refractivity contribution in [2.75, 3.05) is 0 Å². The summed E-state index contributed by atoms with van der Waals surface area (Å²) in [5.41, 5.74) is 3.86. The van der Waals surface area contributed by atoms with Gasteiger partial charge in [0.05, 0.1) is 12.7 Å². The molecular formula is C22H16BrN3O. The highest BCUT2D eigenvalue weighted by atomic mass is 79.9. The molecule has 132 valence electrons. The first kappa shape index (κ1) is 17.4. The van der Waals surface area contributed by atoms with E-state index in [2.05, 4.69) is 26.2 Å². The molecule has 0 radical (unpaired) electrons. The van der Waals surface area contributed by atoms with Crippen LogP contribution in [0.4, 0.5) is 0 Å². The number of ketones is 1. The number of benzene rings is 3. The third kappa shape index (κ3) is 3.73. The predicted molar refractivity (Wildman–Crippen MR) is 109 cm³/mol. The summed E-state index contributed by atoms with van der Waals surface area (Å²) in [6.07, 6.45) is 1.87. The fourth-order valence-corrected chi connectivity index (χ4v) is 3.36. The maximum Gasteiger partial charge on any atom is 0.193 e. The highest BCUT2D eigenvalue weighted by Crippen LogP contribution is 2.24. The molecule has 0 aliphatic rings. The van der Waals surface area contributed by atoms with Crippen molar-refractivity contribution in [2.45, 2.75) is 6.54 Å². The van der Waals surface area contributed by atoms with Gasteiger partial charge >= 0.3 is 0 Å². The molecule has 0 unspecified atom stereocenters. The number of halogens is 1. The summed E-state index contributed by atoms with van der Waals surface area (Å²) in [5.74, 6) is -0.0217. The molecule has 1 aromatic heterocycles. The zero-order valence-corrected chi connectivity index (χ0v) is 16.0. The summed E-state index contributed by atoms with van der Waals surface area (Å²) in [6, 6.07) is 24.8. The van der Waals surface area contributed by atoms with Gasteiger partial charge in [-0.05, 0) is 11.6 Å². The number of carbonyl (C=O) groups is 1. The van der Waals surface area contributed by atoms with Gasteiger partial charge in [0.15, 0.2) is 5.78 Å². The van der Waals surface area contributed by atoms with Gasteiger partial charge in [0.25, 0.3) is 0 Å². The van der Waals surface area contributed by atoms with Crippen LogP contribution in [-0.4, -0.2) is 20.8 Å². The van der Waals surface area contributed by atoms with Crippen LogP contribution in [0.25, 0.3) is 11.3 Å². The van der Waals surface area contributed by atoms with Crippen molar-refractivity contribution < 1.29 is 4.79 Å². The van der Waals surface area contributed by atoms with E-state index >= 15 is 0 Å². The van der Waals surface area contributed by atoms with Gasteiger partial charge in [-0.2, -0.15) is 0 Å². The smallest absolute Gasteiger partial charge is 0.193 e. The zero-order chi connectivity index (χ0) is 18.6. The highest BCUT2D eigenvalue weighted by molar-refractivity contribution is 9.10. The molecule has 1 heterocycles. The molecule has 4 aromatic rings. The molecule has 0 atom stereocenters. The van der Waals surface area contributed by atoms with Gasteiger partial charge in [-0.15, -0.1) is 5.10 Å². The van der Waals surface area contributed by atoms with Crippen molar-refractivity contribution in [1.29, 1.82) is 0 Å². The molecule has 0 aliphatic heterocycles. The number of rotatable bonds is 5. The third-order valence-electron chi connectivity index (χ3n) is 4.31. The Morgan fingerprint density at radius 3 is 2.41 bits per heavy atom. The summed E-state index contributed by atoms with van der Waals surface area (Å²) >= 11 is 3.56. The first-order valence-electron chi connectivity index (χ1n) is 8.55. The monoisotopic (exact) mass is 417 g/mol. The Hall–Kier alpha value is -3.05. The molecule has 0 N–H and O–H groups in total. The second-order valence-electron chi connectivity index (χ2n) is 6.13. The summed E-state index contributed by atoms with van der Waals surface area (Å²) in [4.78, 5) is 12.9. The zero-order valence-electron chi connectivity index (χ0n) is 14.4. The van der Waals surface area contributed by atoms with Crippen LogP contribution in [0.15, 0.2) is 89.5 Å². The van der Waals surface area contributed by atoms with Crippen LogP contribution in [-0.2, 0) is 6.54 Å². The van der Waals surface area contributed by atoms with E-state index in [9.17, 15) is 4.79 Å². The fourth-order valence-electron chi connectivity index (χ4n) is 2.95. The molecule has 0 amide bonds. The van der Waals surface area contributed by atoms with E-state index < -0.39 is 0 Å². The minimum atomic E-state index is -0.0217. The van der Waals surface area contributed by atoms with Gasteiger partial charge in [0.1, 0.15) is 5.69 Å². The normalized spacial score (nSPS) is 10.7. The van der Waals surface area contributed by atoms with Crippen molar-refractivity contribution in [1.82, 2.24) is 15.0 Å². The van der Waals surface area contributed by atoms with Crippen LogP contribution in [0.1, 0.15) is 21.5 Å². The average molecular weight is 418 g/mol. The van der Waals surface area contributed by atoms with Gasteiger partial charge < -0.3 is 0 Å². The van der Waals surface area contributed by atoms with Crippen molar-refractivity contribution in [3.63, 3.8) is 0 Å². The molecular weight excluding hydrogens is 402 g/mol. The molecule has 4 rings (SSSR count). The molecule has 0 spiro atoms. The Bertz CT molecular complexity index is 1090. The predicted octanol–water partition coefficient (Wildman–Crippen LogP) is 4.99. The standard InChI is InChI=1S/C22H16BrN3O/c23-20-13-7-4-10-17(20)14-26-15-21(24-25-26)18-11-5-6-12-19(18)22(27)16-8-2-1-3-9-16/h1-13,15H,14H2. The summed E-state index contributed by atoms with van der Waals surface area (Å²) in [7, 11) is 0. The summed E-state index contributed by atoms with van der Waals surface area (Å²) in [5, 5.41) is 8.53. The summed E-state index contributed by atoms with van der Waals surface area (Å²) in [6.45, 7) is 0.600. The van der Waals surface area contributed by atoms with E-state index in [1.807, 2.05) is 85.1 Å². The van der Waals surface area contributed by atoms with Gasteiger partial charge in [0, 0.05) is 21.2 Å². The quantitative estimate of drug-likeness (QED) is 0.429. The fraction of sp³-hybridized carbons (Fsp3) is 0.0455. The summed E-state index contributed by atoms with van der Waals surface area (Å²) < 4.78 is 2.81. The second-order valence-corrected chi connectivity index (χ2v) is 6.99. The van der Waals surface area contributed by atoms with Gasteiger partial charge in [0.2, 0.25) is 0 Å².